The highest BCUT2D eigenvalue weighted by atomic mass is 79.9. The first-order valence-electron chi connectivity index (χ1n) is 7.67. The fourth-order valence-electron chi connectivity index (χ4n) is 2.34. The molecule has 5 heteroatoms. The van der Waals surface area contributed by atoms with Gasteiger partial charge in [0.1, 0.15) is 0 Å². The number of benzene rings is 1. The zero-order chi connectivity index (χ0) is 15.2. The number of anilines is 1. The molecule has 1 aromatic carbocycles. The van der Waals surface area contributed by atoms with Crippen LogP contribution in [-0.4, -0.2) is 31.6 Å². The molecule has 116 valence electrons. The molecule has 2 N–H and O–H groups in total. The second-order valence-corrected chi connectivity index (χ2v) is 6.31. The Morgan fingerprint density at radius 3 is 2.76 bits per heavy atom. The van der Waals surface area contributed by atoms with Crippen LogP contribution in [0.1, 0.15) is 32.3 Å². The van der Waals surface area contributed by atoms with Crippen LogP contribution in [0.15, 0.2) is 22.7 Å². The van der Waals surface area contributed by atoms with Crippen molar-refractivity contribution in [2.45, 2.75) is 39.3 Å². The second-order valence-electron chi connectivity index (χ2n) is 5.40. The molecule has 0 aliphatic heterocycles. The minimum Gasteiger partial charge on any atom is -0.362 e. The van der Waals surface area contributed by atoms with Crippen LogP contribution in [0.25, 0.3) is 0 Å². The standard InChI is InChI=1S/C16H24BrN3O/c1-3-18-16(21)11-20(4-2)15-8-5-13(17)9-12(15)10-19-14-6-7-14/h5,8-9,14,19H,3-4,6-7,10-11H2,1-2H3,(H,18,21). The van der Waals surface area contributed by atoms with E-state index in [2.05, 4.69) is 50.5 Å². The number of carbonyl (C=O) groups excluding carboxylic acids is 1. The van der Waals surface area contributed by atoms with Gasteiger partial charge in [0.2, 0.25) is 5.91 Å². The molecule has 0 radical (unpaired) electrons. The number of nitrogens with zero attached hydrogens (tertiary/aromatic N) is 1. The largest absolute Gasteiger partial charge is 0.362 e. The summed E-state index contributed by atoms with van der Waals surface area (Å²) < 4.78 is 1.08. The van der Waals surface area contributed by atoms with E-state index >= 15 is 0 Å². The first-order chi connectivity index (χ1) is 10.1. The van der Waals surface area contributed by atoms with Crippen LogP contribution in [0, 0.1) is 0 Å². The van der Waals surface area contributed by atoms with E-state index in [0.29, 0.717) is 19.1 Å². The third-order valence-electron chi connectivity index (χ3n) is 3.63. The van der Waals surface area contributed by atoms with Crippen molar-refractivity contribution in [1.29, 1.82) is 0 Å². The smallest absolute Gasteiger partial charge is 0.239 e. The topological polar surface area (TPSA) is 44.4 Å². The summed E-state index contributed by atoms with van der Waals surface area (Å²) in [5, 5.41) is 6.42. The van der Waals surface area contributed by atoms with Crippen LogP contribution in [0.5, 0.6) is 0 Å². The summed E-state index contributed by atoms with van der Waals surface area (Å²) in [6, 6.07) is 6.95. The van der Waals surface area contributed by atoms with E-state index in [-0.39, 0.29) is 5.91 Å². The van der Waals surface area contributed by atoms with Crippen molar-refractivity contribution in [3.63, 3.8) is 0 Å². The second kappa shape index (κ2) is 7.80. The molecule has 0 spiro atoms. The highest BCUT2D eigenvalue weighted by Crippen LogP contribution is 2.26. The molecule has 4 nitrogen and oxygen atoms in total. The van der Waals surface area contributed by atoms with Gasteiger partial charge >= 0.3 is 0 Å². The van der Waals surface area contributed by atoms with Crippen molar-refractivity contribution >= 4 is 27.5 Å². The first kappa shape index (κ1) is 16.3. The molecule has 1 fully saturated rings. The van der Waals surface area contributed by atoms with Crippen LogP contribution in [0.4, 0.5) is 5.69 Å². The Kier molecular flexibility index (Phi) is 6.06. The van der Waals surface area contributed by atoms with Crippen LogP contribution >= 0.6 is 15.9 Å². The average molecular weight is 354 g/mol. The van der Waals surface area contributed by atoms with Gasteiger partial charge in [0.25, 0.3) is 0 Å². The molecular weight excluding hydrogens is 330 g/mol. The summed E-state index contributed by atoms with van der Waals surface area (Å²) >= 11 is 3.54. The maximum Gasteiger partial charge on any atom is 0.239 e. The van der Waals surface area contributed by atoms with E-state index in [4.69, 9.17) is 0 Å². The number of nitrogens with one attached hydrogen (secondary N) is 2. The van der Waals surface area contributed by atoms with Gasteiger partial charge in [-0.3, -0.25) is 4.79 Å². The maximum absolute atomic E-state index is 11.9. The summed E-state index contributed by atoms with van der Waals surface area (Å²) in [4.78, 5) is 14.0. The highest BCUT2D eigenvalue weighted by molar-refractivity contribution is 9.10. The summed E-state index contributed by atoms with van der Waals surface area (Å²) in [7, 11) is 0. The monoisotopic (exact) mass is 353 g/mol. The van der Waals surface area contributed by atoms with Gasteiger partial charge in [-0.25, -0.2) is 0 Å². The Hall–Kier alpha value is -1.07. The minimum atomic E-state index is 0.0726. The van der Waals surface area contributed by atoms with E-state index in [1.165, 1.54) is 18.4 Å². The van der Waals surface area contributed by atoms with Gasteiger partial charge < -0.3 is 15.5 Å². The number of hydrogen-bond acceptors (Lipinski definition) is 3. The zero-order valence-electron chi connectivity index (χ0n) is 12.8. The Morgan fingerprint density at radius 2 is 2.14 bits per heavy atom. The molecule has 1 aliphatic carbocycles. The average Bonchev–Trinajstić information content (AvgIpc) is 3.27. The fourth-order valence-corrected chi connectivity index (χ4v) is 2.75. The minimum absolute atomic E-state index is 0.0726. The molecule has 2 rings (SSSR count). The molecule has 0 unspecified atom stereocenters. The summed E-state index contributed by atoms with van der Waals surface area (Å²) in [5.74, 6) is 0.0726. The summed E-state index contributed by atoms with van der Waals surface area (Å²) in [6.07, 6.45) is 2.56. The van der Waals surface area contributed by atoms with Crippen molar-refractivity contribution in [1.82, 2.24) is 10.6 Å². The van der Waals surface area contributed by atoms with Crippen molar-refractivity contribution in [3.8, 4) is 0 Å². The van der Waals surface area contributed by atoms with Crippen LogP contribution in [-0.2, 0) is 11.3 Å². The van der Waals surface area contributed by atoms with Crippen LogP contribution in [0.2, 0.25) is 0 Å². The third-order valence-corrected chi connectivity index (χ3v) is 4.12. The van der Waals surface area contributed by atoms with Crippen molar-refractivity contribution in [2.24, 2.45) is 0 Å². The predicted molar refractivity (Wildman–Crippen MR) is 90.6 cm³/mol. The van der Waals surface area contributed by atoms with Gasteiger partial charge in [-0.15, -0.1) is 0 Å². The number of halogens is 1. The normalized spacial score (nSPS) is 14.0. The lowest BCUT2D eigenvalue weighted by Gasteiger charge is -2.25. The molecule has 1 aliphatic rings. The zero-order valence-corrected chi connectivity index (χ0v) is 14.4. The number of carbonyl (C=O) groups is 1. The molecular formula is C16H24BrN3O. The molecule has 0 atom stereocenters. The fraction of sp³-hybridized carbons (Fsp3) is 0.562. The summed E-state index contributed by atoms with van der Waals surface area (Å²) in [6.45, 7) is 6.77. The number of rotatable bonds is 8. The molecule has 21 heavy (non-hydrogen) atoms. The molecule has 1 aromatic rings. The number of likely N-dealkylation sites (N-methyl/N-ethyl adjacent to an activating group) is 2. The summed E-state index contributed by atoms with van der Waals surface area (Å²) in [5.41, 5.74) is 2.38. The van der Waals surface area contributed by atoms with Gasteiger partial charge in [0.05, 0.1) is 6.54 Å². The Bertz CT molecular complexity index is 488. The first-order valence-corrected chi connectivity index (χ1v) is 8.46. The van der Waals surface area contributed by atoms with E-state index in [1.54, 1.807) is 0 Å². The van der Waals surface area contributed by atoms with E-state index in [9.17, 15) is 4.79 Å². The maximum atomic E-state index is 11.9. The van der Waals surface area contributed by atoms with Gasteiger partial charge in [-0.2, -0.15) is 0 Å². The van der Waals surface area contributed by atoms with Crippen LogP contribution < -0.4 is 15.5 Å². The number of hydrogen-bond donors (Lipinski definition) is 2. The molecule has 1 saturated carbocycles. The Morgan fingerprint density at radius 1 is 1.38 bits per heavy atom. The Balaban J connectivity index is 2.11. The van der Waals surface area contributed by atoms with Crippen molar-refractivity contribution in [3.05, 3.63) is 28.2 Å². The molecule has 0 saturated heterocycles. The quantitative estimate of drug-likeness (QED) is 0.755. The predicted octanol–water partition coefficient (Wildman–Crippen LogP) is 2.66. The molecule has 0 bridgehead atoms. The van der Waals surface area contributed by atoms with E-state index < -0.39 is 0 Å². The van der Waals surface area contributed by atoms with Crippen molar-refractivity contribution < 1.29 is 4.79 Å². The lowest BCUT2D eigenvalue weighted by atomic mass is 10.1. The van der Waals surface area contributed by atoms with E-state index in [0.717, 1.165) is 23.2 Å². The highest BCUT2D eigenvalue weighted by Gasteiger charge is 2.21. The molecule has 1 amide bonds. The third kappa shape index (κ3) is 5.00. The van der Waals surface area contributed by atoms with Gasteiger partial charge in [0, 0.05) is 35.8 Å². The van der Waals surface area contributed by atoms with Gasteiger partial charge in [-0.1, -0.05) is 15.9 Å². The van der Waals surface area contributed by atoms with Gasteiger partial charge in [-0.05, 0) is 50.5 Å². The SMILES string of the molecule is CCNC(=O)CN(CC)c1ccc(Br)cc1CNC1CC1. The molecule has 0 aromatic heterocycles. The van der Waals surface area contributed by atoms with Crippen molar-refractivity contribution in [2.75, 3.05) is 24.5 Å². The molecule has 0 heterocycles. The van der Waals surface area contributed by atoms with Gasteiger partial charge in [0.15, 0.2) is 0 Å². The lowest BCUT2D eigenvalue weighted by Crippen LogP contribution is -2.37. The van der Waals surface area contributed by atoms with E-state index in [1.807, 2.05) is 13.0 Å². The number of amides is 1. The Labute approximate surface area is 135 Å². The lowest BCUT2D eigenvalue weighted by molar-refractivity contribution is -0.119. The van der Waals surface area contributed by atoms with Crippen LogP contribution in [0.3, 0.4) is 0 Å².